The van der Waals surface area contributed by atoms with E-state index in [2.05, 4.69) is 42.1 Å². The van der Waals surface area contributed by atoms with E-state index in [1.54, 1.807) is 0 Å². The Morgan fingerprint density at radius 1 is 1.53 bits per heavy atom. The second-order valence-corrected chi connectivity index (χ2v) is 5.26. The van der Waals surface area contributed by atoms with Crippen molar-refractivity contribution in [3.63, 3.8) is 0 Å². The quantitative estimate of drug-likeness (QED) is 0.850. The zero-order valence-corrected chi connectivity index (χ0v) is 11.0. The molecular formula is C14H24N2O. The average Bonchev–Trinajstić information content (AvgIpc) is 2.76. The van der Waals surface area contributed by atoms with Crippen LogP contribution in [-0.4, -0.2) is 23.3 Å². The van der Waals surface area contributed by atoms with E-state index >= 15 is 0 Å². The lowest BCUT2D eigenvalue weighted by atomic mass is 9.95. The summed E-state index contributed by atoms with van der Waals surface area (Å²) in [6.07, 6.45) is 5.73. The van der Waals surface area contributed by atoms with Crippen molar-refractivity contribution in [2.75, 3.05) is 13.2 Å². The van der Waals surface area contributed by atoms with Gasteiger partial charge in [-0.25, -0.2) is 0 Å². The van der Waals surface area contributed by atoms with Crippen molar-refractivity contribution in [1.29, 1.82) is 0 Å². The van der Waals surface area contributed by atoms with Gasteiger partial charge >= 0.3 is 0 Å². The van der Waals surface area contributed by atoms with E-state index in [1.807, 2.05) is 0 Å². The minimum absolute atomic E-state index is 0.152. The van der Waals surface area contributed by atoms with Gasteiger partial charge in [0.15, 0.2) is 0 Å². The van der Waals surface area contributed by atoms with E-state index in [0.29, 0.717) is 0 Å². The summed E-state index contributed by atoms with van der Waals surface area (Å²) in [6.45, 7) is 8.28. The van der Waals surface area contributed by atoms with Gasteiger partial charge in [0.05, 0.1) is 6.61 Å². The van der Waals surface area contributed by atoms with Gasteiger partial charge in [-0.2, -0.15) is 0 Å². The zero-order chi connectivity index (χ0) is 12.1. The smallest absolute Gasteiger partial charge is 0.0645 e. The number of hydrogen-bond donors (Lipinski definition) is 1. The van der Waals surface area contributed by atoms with Crippen molar-refractivity contribution in [3.05, 3.63) is 24.0 Å². The fourth-order valence-electron chi connectivity index (χ4n) is 2.45. The van der Waals surface area contributed by atoms with Crippen molar-refractivity contribution in [2.45, 2.75) is 51.7 Å². The van der Waals surface area contributed by atoms with Crippen molar-refractivity contribution >= 4 is 0 Å². The third kappa shape index (κ3) is 3.33. The van der Waals surface area contributed by atoms with Gasteiger partial charge in [0, 0.05) is 37.1 Å². The van der Waals surface area contributed by atoms with E-state index < -0.39 is 0 Å². The predicted octanol–water partition coefficient (Wildman–Crippen LogP) is 2.56. The highest BCUT2D eigenvalue weighted by atomic mass is 16.5. The molecule has 1 aliphatic heterocycles. The first-order chi connectivity index (χ1) is 8.23. The van der Waals surface area contributed by atoms with Gasteiger partial charge in [0.2, 0.25) is 0 Å². The standard InChI is InChI=1S/C14H24N2O/c1-3-8-16-9-4-6-13(16)11-15-14(2)7-5-10-17-12-14/h4,6,9,15H,3,5,7-8,10-12H2,1-2H3. The fraction of sp³-hybridized carbons (Fsp3) is 0.714. The molecule has 2 rings (SSSR count). The first kappa shape index (κ1) is 12.7. The van der Waals surface area contributed by atoms with Crippen LogP contribution >= 0.6 is 0 Å². The second kappa shape index (κ2) is 5.69. The monoisotopic (exact) mass is 236 g/mol. The van der Waals surface area contributed by atoms with Crippen LogP contribution in [-0.2, 0) is 17.8 Å². The Balaban J connectivity index is 1.90. The lowest BCUT2D eigenvalue weighted by Crippen LogP contribution is -2.48. The molecule has 0 saturated carbocycles. The van der Waals surface area contributed by atoms with Gasteiger partial charge in [-0.1, -0.05) is 6.92 Å². The summed E-state index contributed by atoms with van der Waals surface area (Å²) in [7, 11) is 0. The average molecular weight is 236 g/mol. The third-order valence-corrected chi connectivity index (χ3v) is 3.52. The SMILES string of the molecule is CCCn1cccc1CNC1(C)CCCOC1. The first-order valence-electron chi connectivity index (χ1n) is 6.70. The molecule has 1 atom stereocenters. The molecule has 1 N–H and O–H groups in total. The molecule has 1 aromatic rings. The Kier molecular flexibility index (Phi) is 4.24. The molecule has 0 amide bonds. The summed E-state index contributed by atoms with van der Waals surface area (Å²) in [4.78, 5) is 0. The summed E-state index contributed by atoms with van der Waals surface area (Å²) >= 11 is 0. The highest BCUT2D eigenvalue weighted by Crippen LogP contribution is 2.19. The normalized spacial score (nSPS) is 25.1. The molecule has 1 saturated heterocycles. The molecule has 0 spiro atoms. The topological polar surface area (TPSA) is 26.2 Å². The van der Waals surface area contributed by atoms with Crippen LogP contribution < -0.4 is 5.32 Å². The molecule has 1 aliphatic rings. The van der Waals surface area contributed by atoms with Gasteiger partial charge in [0.1, 0.15) is 0 Å². The second-order valence-electron chi connectivity index (χ2n) is 5.26. The number of hydrogen-bond acceptors (Lipinski definition) is 2. The van der Waals surface area contributed by atoms with Crippen molar-refractivity contribution in [3.8, 4) is 0 Å². The van der Waals surface area contributed by atoms with Crippen LogP contribution in [0.15, 0.2) is 18.3 Å². The van der Waals surface area contributed by atoms with Crippen LogP contribution in [0.2, 0.25) is 0 Å². The number of nitrogens with one attached hydrogen (secondary N) is 1. The van der Waals surface area contributed by atoms with Crippen LogP contribution in [0.25, 0.3) is 0 Å². The molecule has 2 heterocycles. The maximum atomic E-state index is 5.56. The van der Waals surface area contributed by atoms with E-state index in [0.717, 1.165) is 26.3 Å². The zero-order valence-electron chi connectivity index (χ0n) is 11.0. The molecule has 1 aromatic heterocycles. The highest BCUT2D eigenvalue weighted by Gasteiger charge is 2.26. The lowest BCUT2D eigenvalue weighted by molar-refractivity contribution is 0.0275. The van der Waals surface area contributed by atoms with Crippen molar-refractivity contribution < 1.29 is 4.74 Å². The van der Waals surface area contributed by atoms with E-state index in [-0.39, 0.29) is 5.54 Å². The molecule has 3 nitrogen and oxygen atoms in total. The van der Waals surface area contributed by atoms with Crippen molar-refractivity contribution in [2.24, 2.45) is 0 Å². The van der Waals surface area contributed by atoms with E-state index in [9.17, 15) is 0 Å². The molecule has 0 radical (unpaired) electrons. The number of nitrogens with zero attached hydrogens (tertiary/aromatic N) is 1. The van der Waals surface area contributed by atoms with Gasteiger partial charge in [-0.15, -0.1) is 0 Å². The molecule has 96 valence electrons. The number of aromatic nitrogens is 1. The van der Waals surface area contributed by atoms with E-state index in [1.165, 1.54) is 25.0 Å². The number of ether oxygens (including phenoxy) is 1. The molecule has 1 fully saturated rings. The van der Waals surface area contributed by atoms with Gasteiger partial charge in [-0.05, 0) is 38.3 Å². The maximum Gasteiger partial charge on any atom is 0.0645 e. The lowest BCUT2D eigenvalue weighted by Gasteiger charge is -2.34. The summed E-state index contributed by atoms with van der Waals surface area (Å²) < 4.78 is 7.90. The number of rotatable bonds is 5. The predicted molar refractivity (Wildman–Crippen MR) is 70.0 cm³/mol. The molecule has 0 aromatic carbocycles. The highest BCUT2D eigenvalue weighted by molar-refractivity contribution is 5.07. The Morgan fingerprint density at radius 2 is 2.41 bits per heavy atom. The number of aryl methyl sites for hydroxylation is 1. The largest absolute Gasteiger partial charge is 0.380 e. The minimum Gasteiger partial charge on any atom is -0.380 e. The van der Waals surface area contributed by atoms with Crippen LogP contribution in [0.1, 0.15) is 38.8 Å². The van der Waals surface area contributed by atoms with Gasteiger partial charge in [0.25, 0.3) is 0 Å². The van der Waals surface area contributed by atoms with Crippen LogP contribution in [0.4, 0.5) is 0 Å². The van der Waals surface area contributed by atoms with Crippen molar-refractivity contribution in [1.82, 2.24) is 9.88 Å². The van der Waals surface area contributed by atoms with E-state index in [4.69, 9.17) is 4.74 Å². The first-order valence-corrected chi connectivity index (χ1v) is 6.70. The fourth-order valence-corrected chi connectivity index (χ4v) is 2.45. The third-order valence-electron chi connectivity index (χ3n) is 3.52. The maximum absolute atomic E-state index is 5.56. The summed E-state index contributed by atoms with van der Waals surface area (Å²) in [5.74, 6) is 0. The van der Waals surface area contributed by atoms with Crippen LogP contribution in [0.5, 0.6) is 0 Å². The van der Waals surface area contributed by atoms with Crippen LogP contribution in [0, 0.1) is 0 Å². The molecule has 17 heavy (non-hydrogen) atoms. The molecule has 0 aliphatic carbocycles. The summed E-state index contributed by atoms with van der Waals surface area (Å²) in [5, 5.41) is 3.65. The van der Waals surface area contributed by atoms with Gasteiger partial charge in [-0.3, -0.25) is 0 Å². The molecule has 1 unspecified atom stereocenters. The molecular weight excluding hydrogens is 212 g/mol. The Hall–Kier alpha value is -0.800. The van der Waals surface area contributed by atoms with Gasteiger partial charge < -0.3 is 14.6 Å². The Labute approximate surface area is 104 Å². The minimum atomic E-state index is 0.152. The Morgan fingerprint density at radius 3 is 3.12 bits per heavy atom. The summed E-state index contributed by atoms with van der Waals surface area (Å²) in [6, 6.07) is 4.34. The molecule has 3 heteroatoms. The Bertz CT molecular complexity index is 340. The van der Waals surface area contributed by atoms with Crippen LogP contribution in [0.3, 0.4) is 0 Å². The summed E-state index contributed by atoms with van der Waals surface area (Å²) in [5.41, 5.74) is 1.53. The molecule has 0 bridgehead atoms.